The van der Waals surface area contributed by atoms with Gasteiger partial charge in [0.1, 0.15) is 17.4 Å². The number of hydrogen-bond acceptors (Lipinski definition) is 3. The molecule has 0 saturated heterocycles. The monoisotopic (exact) mass is 354 g/mol. The molecule has 4 aromatic rings. The summed E-state index contributed by atoms with van der Waals surface area (Å²) < 4.78 is 1.93. The first kappa shape index (κ1) is 15.6. The molecular weight excluding hydrogens is 336 g/mol. The molecule has 2 N–H and O–H groups in total. The molecule has 3 aromatic carbocycles. The first-order valence-corrected chi connectivity index (χ1v) is 8.82. The third kappa shape index (κ3) is 2.32. The number of aryl methyl sites for hydroxylation is 1. The molecule has 0 spiro atoms. The van der Waals surface area contributed by atoms with Crippen LogP contribution in [0, 0.1) is 5.41 Å². The fourth-order valence-corrected chi connectivity index (χ4v) is 3.75. The van der Waals surface area contributed by atoms with Gasteiger partial charge in [0.25, 0.3) is 0 Å². The summed E-state index contributed by atoms with van der Waals surface area (Å²) in [6.07, 6.45) is 0. The lowest BCUT2D eigenvalue weighted by molar-refractivity contribution is 0.411. The zero-order valence-corrected chi connectivity index (χ0v) is 14.8. The smallest absolute Gasteiger partial charge is 0.148 e. The Labute approximate surface area is 156 Å². The topological polar surface area (TPSA) is 65.1 Å². The number of fused-ring (bicyclic) bond motifs is 2. The van der Waals surface area contributed by atoms with Crippen LogP contribution in [0.15, 0.2) is 72.5 Å². The van der Waals surface area contributed by atoms with Crippen molar-refractivity contribution < 1.29 is 5.11 Å². The molecule has 132 valence electrons. The van der Waals surface area contributed by atoms with E-state index >= 15 is 0 Å². The van der Waals surface area contributed by atoms with Crippen LogP contribution in [0.2, 0.25) is 0 Å². The van der Waals surface area contributed by atoms with Gasteiger partial charge < -0.3 is 14.6 Å². The summed E-state index contributed by atoms with van der Waals surface area (Å²) in [5.41, 5.74) is 3.21. The van der Waals surface area contributed by atoms with E-state index < -0.39 is 0 Å². The first-order chi connectivity index (χ1) is 13.1. The maximum absolute atomic E-state index is 10.7. The van der Waals surface area contributed by atoms with Gasteiger partial charge in [-0.15, -0.1) is 0 Å². The van der Waals surface area contributed by atoms with Crippen LogP contribution in [-0.4, -0.2) is 27.0 Å². The number of nitrogens with one attached hydrogen (secondary N) is 1. The number of amidine groups is 1. The van der Waals surface area contributed by atoms with Crippen molar-refractivity contribution in [2.45, 2.75) is 0 Å². The molecule has 0 bridgehead atoms. The van der Waals surface area contributed by atoms with Crippen LogP contribution < -0.4 is 4.90 Å². The van der Waals surface area contributed by atoms with Crippen LogP contribution in [0.1, 0.15) is 5.82 Å². The van der Waals surface area contributed by atoms with Crippen molar-refractivity contribution in [1.82, 2.24) is 9.55 Å². The minimum Gasteiger partial charge on any atom is -0.509 e. The second kappa shape index (κ2) is 5.71. The number of hydrogen-bond donors (Lipinski definition) is 2. The van der Waals surface area contributed by atoms with Crippen LogP contribution in [0.25, 0.3) is 27.4 Å². The number of aliphatic hydroxyl groups is 1. The molecule has 27 heavy (non-hydrogen) atoms. The molecule has 0 fully saturated rings. The van der Waals surface area contributed by atoms with Crippen molar-refractivity contribution in [3.8, 4) is 0 Å². The average Bonchev–Trinajstić information content (AvgIpc) is 3.17. The molecule has 5 heteroatoms. The maximum Gasteiger partial charge on any atom is 0.148 e. The Morgan fingerprint density at radius 3 is 2.52 bits per heavy atom. The van der Waals surface area contributed by atoms with Crippen LogP contribution in [0.3, 0.4) is 0 Å². The van der Waals surface area contributed by atoms with Crippen molar-refractivity contribution in [3.63, 3.8) is 0 Å². The SMILES string of the molecule is Cn1c(C2=C(O)CN(c3ccc4ccccc4c3)C2=N)nc2ccccc21. The lowest BCUT2D eigenvalue weighted by Gasteiger charge is -2.19. The Morgan fingerprint density at radius 2 is 1.70 bits per heavy atom. The van der Waals surface area contributed by atoms with Gasteiger partial charge in [-0.1, -0.05) is 42.5 Å². The number of rotatable bonds is 2. The van der Waals surface area contributed by atoms with Gasteiger partial charge in [-0.2, -0.15) is 0 Å². The summed E-state index contributed by atoms with van der Waals surface area (Å²) in [4.78, 5) is 6.47. The third-order valence-electron chi connectivity index (χ3n) is 5.16. The van der Waals surface area contributed by atoms with E-state index in [-0.39, 0.29) is 18.1 Å². The fraction of sp³-hybridized carbons (Fsp3) is 0.0909. The van der Waals surface area contributed by atoms with Crippen molar-refractivity contribution in [3.05, 3.63) is 78.3 Å². The van der Waals surface area contributed by atoms with Gasteiger partial charge in [-0.05, 0) is 35.0 Å². The van der Waals surface area contributed by atoms with Gasteiger partial charge in [0, 0.05) is 12.7 Å². The van der Waals surface area contributed by atoms with Crippen LogP contribution in [0.4, 0.5) is 5.69 Å². The zero-order chi connectivity index (χ0) is 18.5. The molecule has 0 saturated carbocycles. The molecule has 1 aromatic heterocycles. The fourth-order valence-electron chi connectivity index (χ4n) is 3.75. The number of aromatic nitrogens is 2. The molecule has 0 radical (unpaired) electrons. The van der Waals surface area contributed by atoms with E-state index in [2.05, 4.69) is 23.2 Å². The standard InChI is InChI=1S/C22H18N4O/c1-25-18-9-5-4-8-17(18)24-22(25)20-19(27)13-26(21(20)23)16-11-10-14-6-2-3-7-15(14)12-16/h2-12,23,27H,13H2,1H3. The highest BCUT2D eigenvalue weighted by Gasteiger charge is 2.32. The predicted molar refractivity (Wildman–Crippen MR) is 109 cm³/mol. The van der Waals surface area contributed by atoms with E-state index in [1.54, 1.807) is 0 Å². The molecule has 0 unspecified atom stereocenters. The van der Waals surface area contributed by atoms with Crippen LogP contribution in [0.5, 0.6) is 0 Å². The molecule has 1 aliphatic rings. The van der Waals surface area contributed by atoms with Crippen molar-refractivity contribution >= 4 is 38.9 Å². The summed E-state index contributed by atoms with van der Waals surface area (Å²) in [7, 11) is 1.91. The second-order valence-electron chi connectivity index (χ2n) is 6.77. The molecular formula is C22H18N4O. The lowest BCUT2D eigenvalue weighted by Crippen LogP contribution is -2.26. The molecule has 1 aliphatic heterocycles. The summed E-state index contributed by atoms with van der Waals surface area (Å²) in [5, 5.41) is 21.6. The summed E-state index contributed by atoms with van der Waals surface area (Å²) in [6.45, 7) is 0.274. The Bertz CT molecular complexity index is 1250. The quantitative estimate of drug-likeness (QED) is 0.557. The van der Waals surface area contributed by atoms with E-state index in [9.17, 15) is 5.11 Å². The van der Waals surface area contributed by atoms with Crippen LogP contribution in [-0.2, 0) is 7.05 Å². The van der Waals surface area contributed by atoms with E-state index in [0.29, 0.717) is 11.4 Å². The van der Waals surface area contributed by atoms with E-state index in [0.717, 1.165) is 27.5 Å². The van der Waals surface area contributed by atoms with Gasteiger partial charge >= 0.3 is 0 Å². The second-order valence-corrected chi connectivity index (χ2v) is 6.77. The largest absolute Gasteiger partial charge is 0.509 e. The number of aliphatic hydroxyl groups excluding tert-OH is 1. The van der Waals surface area contributed by atoms with Crippen LogP contribution >= 0.6 is 0 Å². The van der Waals surface area contributed by atoms with Crippen molar-refractivity contribution in [1.29, 1.82) is 5.41 Å². The van der Waals surface area contributed by atoms with E-state index in [1.165, 1.54) is 0 Å². The Hall–Kier alpha value is -3.60. The summed E-state index contributed by atoms with van der Waals surface area (Å²) in [6, 6.07) is 22.0. The highest BCUT2D eigenvalue weighted by molar-refractivity contribution is 6.30. The third-order valence-corrected chi connectivity index (χ3v) is 5.16. The zero-order valence-electron chi connectivity index (χ0n) is 14.8. The Balaban J connectivity index is 1.58. The minimum absolute atomic E-state index is 0.173. The highest BCUT2D eigenvalue weighted by atomic mass is 16.3. The molecule has 0 amide bonds. The summed E-state index contributed by atoms with van der Waals surface area (Å²) >= 11 is 0. The lowest BCUT2D eigenvalue weighted by atomic mass is 10.1. The first-order valence-electron chi connectivity index (χ1n) is 8.82. The average molecular weight is 354 g/mol. The molecule has 2 heterocycles. The Kier molecular flexibility index (Phi) is 3.31. The number of benzene rings is 3. The van der Waals surface area contributed by atoms with Crippen molar-refractivity contribution in [2.75, 3.05) is 11.4 Å². The number of anilines is 1. The predicted octanol–water partition coefficient (Wildman–Crippen LogP) is 4.49. The normalized spacial score (nSPS) is 14.7. The highest BCUT2D eigenvalue weighted by Crippen LogP contribution is 2.33. The van der Waals surface area contributed by atoms with Gasteiger partial charge in [0.05, 0.1) is 23.2 Å². The maximum atomic E-state index is 10.7. The van der Waals surface area contributed by atoms with E-state index in [4.69, 9.17) is 5.41 Å². The number of imidazole rings is 1. The number of nitrogens with zero attached hydrogens (tertiary/aromatic N) is 3. The molecule has 5 rings (SSSR count). The summed E-state index contributed by atoms with van der Waals surface area (Å²) in [5.74, 6) is 1.05. The molecule has 5 nitrogen and oxygen atoms in total. The Morgan fingerprint density at radius 1 is 0.963 bits per heavy atom. The molecule has 0 atom stereocenters. The minimum atomic E-state index is 0.173. The van der Waals surface area contributed by atoms with E-state index in [1.807, 2.05) is 65.0 Å². The number of para-hydroxylation sites is 2. The van der Waals surface area contributed by atoms with Gasteiger partial charge in [0.15, 0.2) is 0 Å². The van der Waals surface area contributed by atoms with Crippen molar-refractivity contribution in [2.24, 2.45) is 7.05 Å². The van der Waals surface area contributed by atoms with Gasteiger partial charge in [-0.25, -0.2) is 4.98 Å². The molecule has 0 aliphatic carbocycles. The van der Waals surface area contributed by atoms with Gasteiger partial charge in [0.2, 0.25) is 0 Å². The van der Waals surface area contributed by atoms with Gasteiger partial charge in [-0.3, -0.25) is 5.41 Å².